The predicted molar refractivity (Wildman–Crippen MR) is 187 cm³/mol. The molecule has 254 valence electrons. The average Bonchev–Trinajstić information content (AvgIpc) is 3.80. The summed E-state index contributed by atoms with van der Waals surface area (Å²) < 4.78 is 0.323. The lowest BCUT2D eigenvalue weighted by atomic mass is 9.66. The lowest BCUT2D eigenvalue weighted by Crippen LogP contribution is -2.58. The Labute approximate surface area is 286 Å². The third kappa shape index (κ3) is 5.54. The number of hydrogen-bond donors (Lipinski definition) is 1. The van der Waals surface area contributed by atoms with E-state index in [1.54, 1.807) is 43.3 Å². The van der Waals surface area contributed by atoms with E-state index in [-0.39, 0.29) is 43.5 Å². The molecule has 2 aromatic carbocycles. The highest BCUT2D eigenvalue weighted by Gasteiger charge is 2.78. The second-order valence-corrected chi connectivity index (χ2v) is 15.6. The first kappa shape index (κ1) is 33.9. The van der Waals surface area contributed by atoms with E-state index < -0.39 is 33.4 Å². The number of carbonyl (C=O) groups excluding carboxylic acids is 3. The Kier molecular flexibility index (Phi) is 9.55. The zero-order valence-corrected chi connectivity index (χ0v) is 28.9. The number of aromatic nitrogens is 3. The molecule has 7 atom stereocenters. The van der Waals surface area contributed by atoms with Gasteiger partial charge in [-0.15, -0.1) is 30.0 Å². The Morgan fingerprint density at radius 2 is 1.75 bits per heavy atom. The highest BCUT2D eigenvalue weighted by atomic mass is 32.2. The molecule has 11 heteroatoms. The largest absolute Gasteiger partial charge is 0.394 e. The van der Waals surface area contributed by atoms with Crippen LogP contribution in [0.4, 0.5) is 0 Å². The fourth-order valence-corrected chi connectivity index (χ4v) is 10.6. The number of carbonyl (C=O) groups is 3. The van der Waals surface area contributed by atoms with Crippen LogP contribution < -0.4 is 0 Å². The summed E-state index contributed by atoms with van der Waals surface area (Å²) in [5.74, 6) is -1.95. The molecule has 0 saturated carbocycles. The van der Waals surface area contributed by atoms with Crippen molar-refractivity contribution in [2.75, 3.05) is 19.7 Å². The van der Waals surface area contributed by atoms with Crippen LogP contribution in [0.1, 0.15) is 45.6 Å². The lowest BCUT2D eigenvalue weighted by molar-refractivity contribution is -0.149. The molecule has 1 spiro atoms. The molecule has 6 rings (SSSR count). The van der Waals surface area contributed by atoms with Gasteiger partial charge in [0.25, 0.3) is 0 Å². The molecule has 4 heterocycles. The fraction of sp³-hybridized carbons (Fsp3) is 0.486. The highest BCUT2D eigenvalue weighted by Crippen LogP contribution is 2.72. The molecule has 3 aliphatic rings. The first-order chi connectivity index (χ1) is 23.1. The molecule has 2 unspecified atom stereocenters. The second-order valence-electron chi connectivity index (χ2n) is 13.7. The van der Waals surface area contributed by atoms with Crippen molar-refractivity contribution < 1.29 is 19.5 Å². The first-order valence-corrected chi connectivity index (χ1v) is 17.7. The molecule has 2 bridgehead atoms. The molecule has 0 radical (unpaired) electrons. The molecule has 3 aliphatic heterocycles. The Morgan fingerprint density at radius 1 is 1.06 bits per heavy atom. The van der Waals surface area contributed by atoms with Crippen LogP contribution in [0.5, 0.6) is 0 Å². The van der Waals surface area contributed by atoms with Gasteiger partial charge in [0.1, 0.15) is 18.2 Å². The standard InChI is InChI=1S/C37H46N6O4S/c1-6-20-40(22-26-14-10-9-11-15-26)33(45)30-31-34(46)43(29(23-44)25(4)8-3)32(37(31)19-18-36(30,5)48-37)35(47)41(21-7-2)24-42-28-17-13-12-16-27(28)38-39-42/h6-7,9-17,25,29-32,44H,1-2,8,18-24H2,3-5H3/t25-,29-,30-,31-,32?,36+,37?/m0/s1. The summed E-state index contributed by atoms with van der Waals surface area (Å²) >= 11 is 1.64. The number of aliphatic hydroxyl groups excluding tert-OH is 1. The number of thioether (sulfide) groups is 1. The third-order valence-electron chi connectivity index (χ3n) is 10.8. The molecular formula is C37H46N6O4S. The maximum atomic E-state index is 15.1. The van der Waals surface area contributed by atoms with Gasteiger partial charge in [0.05, 0.1) is 34.7 Å². The van der Waals surface area contributed by atoms with E-state index in [9.17, 15) is 14.7 Å². The van der Waals surface area contributed by atoms with Crippen molar-refractivity contribution in [1.29, 1.82) is 0 Å². The number of amides is 3. The van der Waals surface area contributed by atoms with Gasteiger partial charge < -0.3 is 19.8 Å². The second kappa shape index (κ2) is 13.5. The number of hydrogen-bond acceptors (Lipinski definition) is 7. The predicted octanol–water partition coefficient (Wildman–Crippen LogP) is 4.51. The lowest BCUT2D eigenvalue weighted by Gasteiger charge is -2.41. The highest BCUT2D eigenvalue weighted by molar-refractivity contribution is 8.02. The van der Waals surface area contributed by atoms with Crippen LogP contribution in [0.2, 0.25) is 0 Å². The Morgan fingerprint density at radius 3 is 2.44 bits per heavy atom. The van der Waals surface area contributed by atoms with Crippen LogP contribution in [-0.2, 0) is 27.6 Å². The molecule has 3 fully saturated rings. The minimum absolute atomic E-state index is 0.0705. The SMILES string of the molecule is C=CCN(Cn1nnc2ccccc21)C(=O)C1N([C@@H](CO)[C@@H](C)CC)C(=O)[C@@H]2[C@@H](C(=O)N(CC=C)Cc3ccccc3)[C@@]3(C)CCC12S3. The number of fused-ring (bicyclic) bond motifs is 2. The molecule has 0 aliphatic carbocycles. The summed E-state index contributed by atoms with van der Waals surface area (Å²) in [4.78, 5) is 49.9. The van der Waals surface area contributed by atoms with Crippen molar-refractivity contribution in [3.8, 4) is 0 Å². The summed E-state index contributed by atoms with van der Waals surface area (Å²) in [6.45, 7) is 14.8. The van der Waals surface area contributed by atoms with Crippen molar-refractivity contribution in [1.82, 2.24) is 29.7 Å². The van der Waals surface area contributed by atoms with Gasteiger partial charge in [-0.05, 0) is 43.4 Å². The number of rotatable bonds is 14. The van der Waals surface area contributed by atoms with Crippen LogP contribution in [0.3, 0.4) is 0 Å². The monoisotopic (exact) mass is 670 g/mol. The summed E-state index contributed by atoms with van der Waals surface area (Å²) in [6.07, 6.45) is 5.43. The van der Waals surface area contributed by atoms with Crippen molar-refractivity contribution in [2.24, 2.45) is 17.8 Å². The van der Waals surface area contributed by atoms with Crippen molar-refractivity contribution in [3.05, 3.63) is 85.5 Å². The molecular weight excluding hydrogens is 625 g/mol. The van der Waals surface area contributed by atoms with Crippen LogP contribution in [0, 0.1) is 17.8 Å². The molecule has 3 amide bonds. The number of nitrogens with zero attached hydrogens (tertiary/aromatic N) is 6. The van der Waals surface area contributed by atoms with Crippen LogP contribution in [0.15, 0.2) is 79.9 Å². The van der Waals surface area contributed by atoms with E-state index in [1.165, 1.54) is 0 Å². The number of benzene rings is 2. The summed E-state index contributed by atoms with van der Waals surface area (Å²) in [5, 5.41) is 19.4. The van der Waals surface area contributed by atoms with Gasteiger partial charge in [0.2, 0.25) is 17.7 Å². The Balaban J connectivity index is 1.42. The topological polar surface area (TPSA) is 112 Å². The van der Waals surface area contributed by atoms with E-state index in [1.807, 2.05) is 68.4 Å². The number of para-hydroxylation sites is 1. The van der Waals surface area contributed by atoms with E-state index in [4.69, 9.17) is 0 Å². The number of likely N-dealkylation sites (tertiary alicyclic amines) is 1. The minimum Gasteiger partial charge on any atom is -0.394 e. The van der Waals surface area contributed by atoms with Crippen LogP contribution in [0.25, 0.3) is 11.0 Å². The quantitative estimate of drug-likeness (QED) is 0.252. The normalized spacial score (nSPS) is 27.1. The zero-order chi connectivity index (χ0) is 34.2. The molecule has 48 heavy (non-hydrogen) atoms. The van der Waals surface area contributed by atoms with Crippen molar-refractivity contribution in [3.63, 3.8) is 0 Å². The Bertz CT molecular complexity index is 1700. The van der Waals surface area contributed by atoms with Gasteiger partial charge in [-0.25, -0.2) is 4.68 Å². The van der Waals surface area contributed by atoms with Gasteiger partial charge >= 0.3 is 0 Å². The molecule has 1 N–H and O–H groups in total. The molecule has 3 aromatic rings. The van der Waals surface area contributed by atoms with Crippen molar-refractivity contribution in [2.45, 2.75) is 74.8 Å². The van der Waals surface area contributed by atoms with Gasteiger partial charge in [-0.3, -0.25) is 14.4 Å². The molecule has 10 nitrogen and oxygen atoms in total. The van der Waals surface area contributed by atoms with Crippen LogP contribution >= 0.6 is 11.8 Å². The molecule has 3 saturated heterocycles. The van der Waals surface area contributed by atoms with Crippen molar-refractivity contribution >= 4 is 40.5 Å². The summed E-state index contributed by atoms with van der Waals surface area (Å²) in [6, 6.07) is 15.9. The van der Waals surface area contributed by atoms with Crippen LogP contribution in [-0.4, -0.2) is 93.8 Å². The summed E-state index contributed by atoms with van der Waals surface area (Å²) in [7, 11) is 0. The average molecular weight is 671 g/mol. The smallest absolute Gasteiger partial charge is 0.248 e. The van der Waals surface area contributed by atoms with Gasteiger partial charge in [-0.1, -0.05) is 80.1 Å². The maximum absolute atomic E-state index is 15.1. The number of aliphatic hydroxyl groups is 1. The van der Waals surface area contributed by atoms with E-state index in [0.29, 0.717) is 32.4 Å². The van der Waals surface area contributed by atoms with E-state index >= 15 is 4.79 Å². The summed E-state index contributed by atoms with van der Waals surface area (Å²) in [5.41, 5.74) is 2.50. The fourth-order valence-electron chi connectivity index (χ4n) is 8.31. The van der Waals surface area contributed by atoms with Gasteiger partial charge in [-0.2, -0.15) is 0 Å². The third-order valence-corrected chi connectivity index (χ3v) is 12.8. The van der Waals surface area contributed by atoms with Gasteiger partial charge in [0, 0.05) is 24.4 Å². The minimum atomic E-state index is -0.873. The van der Waals surface area contributed by atoms with E-state index in [2.05, 4.69) is 30.4 Å². The first-order valence-electron chi connectivity index (χ1n) is 16.9. The van der Waals surface area contributed by atoms with E-state index in [0.717, 1.165) is 16.6 Å². The zero-order valence-electron chi connectivity index (χ0n) is 28.1. The maximum Gasteiger partial charge on any atom is 0.248 e. The molecule has 1 aromatic heterocycles. The Hall–Kier alpha value is -3.96. The van der Waals surface area contributed by atoms with Gasteiger partial charge in [0.15, 0.2) is 0 Å².